The van der Waals surface area contributed by atoms with Crippen molar-refractivity contribution in [3.8, 4) is 5.75 Å². The first-order chi connectivity index (χ1) is 14.7. The van der Waals surface area contributed by atoms with Gasteiger partial charge in [0.15, 0.2) is 0 Å². The van der Waals surface area contributed by atoms with Gasteiger partial charge in [0.05, 0.1) is 6.04 Å². The molecule has 30 heavy (non-hydrogen) atoms. The Hall–Kier alpha value is -3.07. The maximum atomic E-state index is 12.9. The summed E-state index contributed by atoms with van der Waals surface area (Å²) >= 11 is 0. The molecule has 0 heterocycles. The van der Waals surface area contributed by atoms with Gasteiger partial charge in [0, 0.05) is 5.56 Å². The summed E-state index contributed by atoms with van der Waals surface area (Å²) in [4.78, 5) is 12.9. The van der Waals surface area contributed by atoms with Crippen LogP contribution in [0.4, 0.5) is 0 Å². The molecular formula is C27H29NO2. The number of fused-ring (bicyclic) bond motifs is 1. The topological polar surface area (TPSA) is 38.3 Å². The molecule has 3 aromatic carbocycles. The molecule has 3 heteroatoms. The summed E-state index contributed by atoms with van der Waals surface area (Å²) in [6.07, 6.45) is 5.72. The van der Waals surface area contributed by atoms with Gasteiger partial charge in [-0.25, -0.2) is 0 Å². The van der Waals surface area contributed by atoms with Crippen LogP contribution in [0.15, 0.2) is 72.8 Å². The number of aryl methyl sites for hydroxylation is 2. The molecule has 0 aromatic heterocycles. The number of carbonyl (C=O) groups excluding carboxylic acids is 1. The van der Waals surface area contributed by atoms with Crippen molar-refractivity contribution in [2.75, 3.05) is 0 Å². The number of hydrogen-bond acceptors (Lipinski definition) is 2. The van der Waals surface area contributed by atoms with E-state index in [-0.39, 0.29) is 11.9 Å². The Morgan fingerprint density at radius 3 is 2.53 bits per heavy atom. The van der Waals surface area contributed by atoms with Gasteiger partial charge < -0.3 is 10.1 Å². The molecule has 0 spiro atoms. The first kappa shape index (κ1) is 20.2. The van der Waals surface area contributed by atoms with Crippen LogP contribution in [0.5, 0.6) is 5.75 Å². The van der Waals surface area contributed by atoms with Crippen molar-refractivity contribution in [2.45, 2.75) is 51.7 Å². The summed E-state index contributed by atoms with van der Waals surface area (Å²) in [7, 11) is 0. The van der Waals surface area contributed by atoms with Crippen LogP contribution >= 0.6 is 0 Å². The molecule has 0 fully saturated rings. The van der Waals surface area contributed by atoms with Crippen LogP contribution in [-0.2, 0) is 19.4 Å². The van der Waals surface area contributed by atoms with E-state index in [4.69, 9.17) is 4.74 Å². The van der Waals surface area contributed by atoms with E-state index in [1.54, 1.807) is 0 Å². The molecule has 0 saturated carbocycles. The highest BCUT2D eigenvalue weighted by Gasteiger charge is 2.17. The first-order valence-corrected chi connectivity index (χ1v) is 10.9. The summed E-state index contributed by atoms with van der Waals surface area (Å²) in [5.41, 5.74) is 5.84. The van der Waals surface area contributed by atoms with E-state index in [1.165, 1.54) is 36.0 Å². The van der Waals surface area contributed by atoms with E-state index in [2.05, 4.69) is 30.4 Å². The fourth-order valence-electron chi connectivity index (χ4n) is 4.10. The number of hydrogen-bond donors (Lipinski definition) is 1. The number of rotatable bonds is 7. The predicted octanol–water partition coefficient (Wildman–Crippen LogP) is 6.03. The van der Waals surface area contributed by atoms with Gasteiger partial charge in [0.1, 0.15) is 12.4 Å². The van der Waals surface area contributed by atoms with Crippen molar-refractivity contribution in [3.63, 3.8) is 0 Å². The third kappa shape index (κ3) is 4.91. The zero-order valence-electron chi connectivity index (χ0n) is 17.6. The molecule has 3 aromatic rings. The quantitative estimate of drug-likeness (QED) is 0.527. The van der Waals surface area contributed by atoms with Crippen molar-refractivity contribution in [3.05, 3.63) is 101 Å². The van der Waals surface area contributed by atoms with Crippen molar-refractivity contribution in [1.29, 1.82) is 0 Å². The van der Waals surface area contributed by atoms with E-state index in [1.807, 2.05) is 54.6 Å². The minimum atomic E-state index is -0.0651. The highest BCUT2D eigenvalue weighted by Crippen LogP contribution is 2.26. The fraction of sp³-hybridized carbons (Fsp3) is 0.296. The Bertz CT molecular complexity index is 997. The lowest BCUT2D eigenvalue weighted by Crippen LogP contribution is -2.28. The second-order valence-electron chi connectivity index (χ2n) is 7.97. The summed E-state index contributed by atoms with van der Waals surface area (Å²) in [6, 6.07) is 24.2. The van der Waals surface area contributed by atoms with E-state index < -0.39 is 0 Å². The Balaban J connectivity index is 1.43. The number of benzene rings is 3. The number of carbonyl (C=O) groups is 1. The van der Waals surface area contributed by atoms with Crippen molar-refractivity contribution < 1.29 is 9.53 Å². The molecule has 1 aliphatic carbocycles. The Labute approximate surface area is 179 Å². The predicted molar refractivity (Wildman–Crippen MR) is 121 cm³/mol. The van der Waals surface area contributed by atoms with E-state index >= 15 is 0 Å². The second-order valence-corrected chi connectivity index (χ2v) is 7.97. The van der Waals surface area contributed by atoms with Gasteiger partial charge in [-0.1, -0.05) is 61.5 Å². The zero-order chi connectivity index (χ0) is 20.8. The van der Waals surface area contributed by atoms with Gasteiger partial charge in [-0.2, -0.15) is 0 Å². The van der Waals surface area contributed by atoms with Crippen LogP contribution in [0.3, 0.4) is 0 Å². The van der Waals surface area contributed by atoms with Gasteiger partial charge in [-0.3, -0.25) is 4.79 Å². The molecule has 0 saturated heterocycles. The van der Waals surface area contributed by atoms with Gasteiger partial charge in [0.2, 0.25) is 0 Å². The summed E-state index contributed by atoms with van der Waals surface area (Å²) in [5, 5.41) is 3.21. The molecule has 1 atom stereocenters. The molecule has 1 aliphatic rings. The van der Waals surface area contributed by atoms with E-state index in [0.717, 1.165) is 18.4 Å². The number of amides is 1. The lowest BCUT2D eigenvalue weighted by molar-refractivity contribution is 0.0935. The maximum absolute atomic E-state index is 12.9. The third-order valence-electron chi connectivity index (χ3n) is 5.83. The van der Waals surface area contributed by atoms with Crippen LogP contribution in [0.2, 0.25) is 0 Å². The third-order valence-corrected chi connectivity index (χ3v) is 5.83. The highest BCUT2D eigenvalue weighted by atomic mass is 16.5. The highest BCUT2D eigenvalue weighted by molar-refractivity contribution is 5.94. The minimum Gasteiger partial charge on any atom is -0.489 e. The first-order valence-electron chi connectivity index (χ1n) is 10.9. The van der Waals surface area contributed by atoms with E-state index in [0.29, 0.717) is 17.9 Å². The normalized spacial score (nSPS) is 13.9. The molecule has 0 aliphatic heterocycles. The maximum Gasteiger partial charge on any atom is 0.251 e. The molecule has 1 unspecified atom stereocenters. The summed E-state index contributed by atoms with van der Waals surface area (Å²) in [5.74, 6) is 0.637. The van der Waals surface area contributed by atoms with Crippen LogP contribution in [-0.4, -0.2) is 5.91 Å². The molecule has 0 bridgehead atoms. The van der Waals surface area contributed by atoms with Gasteiger partial charge >= 0.3 is 0 Å². The molecule has 3 nitrogen and oxygen atoms in total. The van der Waals surface area contributed by atoms with E-state index in [9.17, 15) is 4.79 Å². The fourth-order valence-corrected chi connectivity index (χ4v) is 4.10. The molecule has 1 N–H and O–H groups in total. The average Bonchev–Trinajstić information content (AvgIpc) is 2.81. The standard InChI is InChI=1S/C27H29NO2/c1-2-26(23-16-15-21-11-6-7-12-22(21)17-23)28-27(29)24-13-8-14-25(18-24)30-19-20-9-4-3-5-10-20/h3-5,8-10,13-18,26H,2,6-7,11-12,19H2,1H3,(H,28,29). The van der Waals surface area contributed by atoms with Gasteiger partial charge in [-0.15, -0.1) is 0 Å². The Morgan fingerprint density at radius 2 is 1.73 bits per heavy atom. The number of ether oxygens (including phenoxy) is 1. The Morgan fingerprint density at radius 1 is 0.933 bits per heavy atom. The zero-order valence-corrected chi connectivity index (χ0v) is 17.6. The smallest absolute Gasteiger partial charge is 0.251 e. The summed E-state index contributed by atoms with van der Waals surface area (Å²) < 4.78 is 5.88. The minimum absolute atomic E-state index is 0.0126. The van der Waals surface area contributed by atoms with Crippen molar-refractivity contribution in [1.82, 2.24) is 5.32 Å². The monoisotopic (exact) mass is 399 g/mol. The summed E-state index contributed by atoms with van der Waals surface area (Å²) in [6.45, 7) is 2.60. The molecule has 1 amide bonds. The molecule has 0 radical (unpaired) electrons. The average molecular weight is 400 g/mol. The van der Waals surface area contributed by atoms with Crippen LogP contribution in [0.25, 0.3) is 0 Å². The SMILES string of the molecule is CCC(NC(=O)c1cccc(OCc2ccccc2)c1)c1ccc2c(c1)CCCC2. The largest absolute Gasteiger partial charge is 0.489 e. The lowest BCUT2D eigenvalue weighted by Gasteiger charge is -2.22. The number of nitrogens with one attached hydrogen (secondary N) is 1. The van der Waals surface area contributed by atoms with Crippen molar-refractivity contribution >= 4 is 5.91 Å². The lowest BCUT2D eigenvalue weighted by atomic mass is 9.88. The van der Waals surface area contributed by atoms with Gasteiger partial charge in [0.25, 0.3) is 5.91 Å². The van der Waals surface area contributed by atoms with Gasteiger partial charge in [-0.05, 0) is 72.6 Å². The second kappa shape index (κ2) is 9.62. The Kier molecular flexibility index (Phi) is 6.48. The van der Waals surface area contributed by atoms with Crippen molar-refractivity contribution in [2.24, 2.45) is 0 Å². The van der Waals surface area contributed by atoms with Crippen LogP contribution < -0.4 is 10.1 Å². The molecule has 154 valence electrons. The van der Waals surface area contributed by atoms with Crippen LogP contribution in [0, 0.1) is 0 Å². The van der Waals surface area contributed by atoms with Crippen LogP contribution in [0.1, 0.15) is 64.8 Å². The molecule has 4 rings (SSSR count). The molecular weight excluding hydrogens is 370 g/mol.